The van der Waals surface area contributed by atoms with Crippen LogP contribution in [0.3, 0.4) is 0 Å². The van der Waals surface area contributed by atoms with E-state index < -0.39 is 0 Å². The second-order valence-corrected chi connectivity index (χ2v) is 9.88. The highest BCUT2D eigenvalue weighted by molar-refractivity contribution is 6.05. The van der Waals surface area contributed by atoms with Gasteiger partial charge in [0.15, 0.2) is 0 Å². The fourth-order valence-electron chi connectivity index (χ4n) is 5.94. The molecule has 1 N–H and O–H groups in total. The maximum Gasteiger partial charge on any atom is 0.128 e. The van der Waals surface area contributed by atoms with E-state index in [0.717, 1.165) is 78.0 Å². The van der Waals surface area contributed by atoms with Crippen molar-refractivity contribution in [3.05, 3.63) is 72.4 Å². The summed E-state index contributed by atoms with van der Waals surface area (Å²) in [4.78, 5) is 7.26. The van der Waals surface area contributed by atoms with Gasteiger partial charge >= 0.3 is 0 Å². The average molecular weight is 482 g/mol. The largest absolute Gasteiger partial charge is 0.381 e. The lowest BCUT2D eigenvalue weighted by molar-refractivity contribution is 0.0843. The molecule has 2 aliphatic rings. The number of H-pyrrole nitrogens is 1. The Kier molecular flexibility index (Phi) is 5.24. The lowest BCUT2D eigenvalue weighted by Gasteiger charge is -2.26. The van der Waals surface area contributed by atoms with Gasteiger partial charge in [0.1, 0.15) is 11.6 Å². The zero-order valence-electron chi connectivity index (χ0n) is 20.1. The summed E-state index contributed by atoms with van der Waals surface area (Å²) in [6.07, 6.45) is 8.23. The van der Waals surface area contributed by atoms with Gasteiger partial charge in [-0.25, -0.2) is 9.37 Å². The van der Waals surface area contributed by atoms with Crippen molar-refractivity contribution in [3.8, 4) is 16.8 Å². The van der Waals surface area contributed by atoms with Gasteiger partial charge in [-0.05, 0) is 74.2 Å². The number of fused-ring (bicyclic) bond motifs is 2. The van der Waals surface area contributed by atoms with E-state index in [-0.39, 0.29) is 5.82 Å². The number of nitrogens with zero attached hydrogens (tertiary/aromatic N) is 4. The lowest BCUT2D eigenvalue weighted by atomic mass is 9.90. The monoisotopic (exact) mass is 481 g/mol. The van der Waals surface area contributed by atoms with E-state index >= 15 is 0 Å². The molecular weight excluding hydrogens is 453 g/mol. The van der Waals surface area contributed by atoms with Crippen LogP contribution in [0.2, 0.25) is 0 Å². The van der Waals surface area contributed by atoms with Crippen molar-refractivity contribution in [2.45, 2.75) is 31.6 Å². The van der Waals surface area contributed by atoms with Gasteiger partial charge < -0.3 is 14.2 Å². The molecule has 0 atom stereocenters. The molecule has 7 rings (SSSR count). The maximum atomic E-state index is 13.9. The van der Waals surface area contributed by atoms with Crippen molar-refractivity contribution in [1.82, 2.24) is 19.7 Å². The van der Waals surface area contributed by atoms with Crippen LogP contribution in [0.15, 0.2) is 60.9 Å². The predicted octanol–water partition coefficient (Wildman–Crippen LogP) is 6.20. The molecule has 5 heterocycles. The molecule has 0 aliphatic carbocycles. The normalized spacial score (nSPS) is 17.0. The number of anilines is 1. The zero-order valence-corrected chi connectivity index (χ0v) is 20.1. The first-order valence-corrected chi connectivity index (χ1v) is 12.8. The topological polar surface area (TPSA) is 59.0 Å². The third kappa shape index (κ3) is 3.57. The van der Waals surface area contributed by atoms with Crippen molar-refractivity contribution in [3.63, 3.8) is 0 Å². The van der Waals surface area contributed by atoms with E-state index in [2.05, 4.69) is 43.9 Å². The molecular formula is C29H28FN5O. The minimum atomic E-state index is -0.234. The quantitative estimate of drug-likeness (QED) is 0.332. The third-order valence-corrected chi connectivity index (χ3v) is 7.72. The average Bonchev–Trinajstić information content (AvgIpc) is 3.68. The molecule has 182 valence electrons. The van der Waals surface area contributed by atoms with Crippen molar-refractivity contribution >= 4 is 27.6 Å². The molecule has 0 saturated carbocycles. The maximum absolute atomic E-state index is 13.9. The molecule has 0 bridgehead atoms. The SMILES string of the molecule is Fc1ccc(-n2c(C3CCOCC3)c(-c3ccc(N4CCCC4)nc3)c3cc4[nH]ncc4cc32)cc1. The molecule has 2 saturated heterocycles. The summed E-state index contributed by atoms with van der Waals surface area (Å²) in [6.45, 7) is 3.63. The molecule has 2 aromatic carbocycles. The summed E-state index contributed by atoms with van der Waals surface area (Å²) >= 11 is 0. The first-order chi connectivity index (χ1) is 17.8. The van der Waals surface area contributed by atoms with Crippen molar-refractivity contribution in [2.24, 2.45) is 0 Å². The van der Waals surface area contributed by atoms with E-state index in [1.165, 1.54) is 36.2 Å². The van der Waals surface area contributed by atoms with Crippen LogP contribution >= 0.6 is 0 Å². The van der Waals surface area contributed by atoms with Crippen LogP contribution in [0.25, 0.3) is 38.6 Å². The summed E-state index contributed by atoms with van der Waals surface area (Å²) in [5.41, 5.74) is 6.59. The summed E-state index contributed by atoms with van der Waals surface area (Å²) < 4.78 is 22.0. The Bertz CT molecular complexity index is 1520. The van der Waals surface area contributed by atoms with Gasteiger partial charge in [-0.15, -0.1) is 0 Å². The molecule has 0 radical (unpaired) electrons. The predicted molar refractivity (Wildman–Crippen MR) is 140 cm³/mol. The van der Waals surface area contributed by atoms with Gasteiger partial charge in [-0.2, -0.15) is 5.10 Å². The van der Waals surface area contributed by atoms with Gasteiger partial charge in [-0.1, -0.05) is 0 Å². The molecule has 0 unspecified atom stereocenters. The Labute approximate surface area is 208 Å². The molecule has 36 heavy (non-hydrogen) atoms. The van der Waals surface area contributed by atoms with Gasteiger partial charge in [-0.3, -0.25) is 5.10 Å². The molecule has 0 spiro atoms. The second-order valence-electron chi connectivity index (χ2n) is 9.88. The Balaban J connectivity index is 1.50. The fraction of sp³-hybridized carbons (Fsp3) is 0.310. The molecule has 5 aromatic rings. The zero-order chi connectivity index (χ0) is 24.1. The minimum absolute atomic E-state index is 0.234. The van der Waals surface area contributed by atoms with Gasteiger partial charge in [0, 0.05) is 71.7 Å². The van der Waals surface area contributed by atoms with Gasteiger partial charge in [0.2, 0.25) is 0 Å². The number of pyridine rings is 1. The summed E-state index contributed by atoms with van der Waals surface area (Å²) in [5, 5.41) is 9.61. The standard InChI is InChI=1S/C29H28FN5O/c30-22-4-6-23(7-5-22)35-26-15-21-18-32-33-25(21)16-24(26)28(29(35)19-9-13-36-14-10-19)20-3-8-27(31-17-20)34-11-1-2-12-34/h3-8,15-19H,1-2,9-14H2,(H,32,33). The number of aromatic amines is 1. The highest BCUT2D eigenvalue weighted by Crippen LogP contribution is 2.44. The lowest BCUT2D eigenvalue weighted by Crippen LogP contribution is -2.19. The smallest absolute Gasteiger partial charge is 0.128 e. The van der Waals surface area contributed by atoms with Crippen LogP contribution in [0.5, 0.6) is 0 Å². The molecule has 2 fully saturated rings. The van der Waals surface area contributed by atoms with Gasteiger partial charge in [0.25, 0.3) is 0 Å². The molecule has 6 nitrogen and oxygen atoms in total. The van der Waals surface area contributed by atoms with E-state index in [1.54, 1.807) is 0 Å². The number of hydrogen-bond acceptors (Lipinski definition) is 4. The molecule has 2 aliphatic heterocycles. The third-order valence-electron chi connectivity index (χ3n) is 7.72. The van der Waals surface area contributed by atoms with E-state index in [4.69, 9.17) is 9.72 Å². The molecule has 0 amide bonds. The summed E-state index contributed by atoms with van der Waals surface area (Å²) in [6, 6.07) is 15.6. The number of halogens is 1. The van der Waals surface area contributed by atoms with Crippen LogP contribution in [0, 0.1) is 5.82 Å². The van der Waals surface area contributed by atoms with Crippen molar-refractivity contribution < 1.29 is 9.13 Å². The van der Waals surface area contributed by atoms with Crippen LogP contribution in [-0.4, -0.2) is 46.1 Å². The molecule has 3 aromatic heterocycles. The number of benzene rings is 2. The van der Waals surface area contributed by atoms with Crippen LogP contribution in [0.1, 0.15) is 37.3 Å². The van der Waals surface area contributed by atoms with E-state index in [1.807, 2.05) is 24.5 Å². The Morgan fingerprint density at radius 1 is 0.944 bits per heavy atom. The number of rotatable bonds is 4. The van der Waals surface area contributed by atoms with E-state index in [0.29, 0.717) is 5.92 Å². The van der Waals surface area contributed by atoms with Crippen LogP contribution in [0.4, 0.5) is 10.2 Å². The van der Waals surface area contributed by atoms with Crippen LogP contribution in [-0.2, 0) is 4.74 Å². The number of hydrogen-bond donors (Lipinski definition) is 1. The molecule has 7 heteroatoms. The number of aromatic nitrogens is 4. The Morgan fingerprint density at radius 2 is 1.75 bits per heavy atom. The Hall–Kier alpha value is -3.71. The summed E-state index contributed by atoms with van der Waals surface area (Å²) in [5.74, 6) is 1.13. The van der Waals surface area contributed by atoms with Crippen molar-refractivity contribution in [2.75, 3.05) is 31.2 Å². The number of ether oxygens (including phenoxy) is 1. The first-order valence-electron chi connectivity index (χ1n) is 12.8. The highest BCUT2D eigenvalue weighted by Gasteiger charge is 2.28. The van der Waals surface area contributed by atoms with Gasteiger partial charge in [0.05, 0.1) is 17.2 Å². The minimum Gasteiger partial charge on any atom is -0.381 e. The summed E-state index contributed by atoms with van der Waals surface area (Å²) in [7, 11) is 0. The van der Waals surface area contributed by atoms with E-state index in [9.17, 15) is 4.39 Å². The van der Waals surface area contributed by atoms with Crippen molar-refractivity contribution in [1.29, 1.82) is 0 Å². The number of nitrogens with one attached hydrogen (secondary N) is 1. The van der Waals surface area contributed by atoms with Crippen LogP contribution < -0.4 is 4.90 Å². The fourth-order valence-corrected chi connectivity index (χ4v) is 5.94. The first kappa shape index (κ1) is 21.6. The second kappa shape index (κ2) is 8.75. The highest BCUT2D eigenvalue weighted by atomic mass is 19.1. The Morgan fingerprint density at radius 3 is 2.50 bits per heavy atom.